The topological polar surface area (TPSA) is 130 Å². The Bertz CT molecular complexity index is 1330. The Balaban J connectivity index is 1.41. The first kappa shape index (κ1) is 20.2. The average Bonchev–Trinajstić information content (AvgIpc) is 3.28. The Labute approximate surface area is 188 Å². The number of nitro groups is 1. The lowest BCUT2D eigenvalue weighted by Gasteiger charge is -2.26. The van der Waals surface area contributed by atoms with Crippen molar-refractivity contribution in [2.24, 2.45) is 5.73 Å². The van der Waals surface area contributed by atoms with E-state index in [2.05, 4.69) is 6.07 Å². The average molecular weight is 443 g/mol. The van der Waals surface area contributed by atoms with Crippen molar-refractivity contribution in [3.8, 4) is 29.1 Å². The maximum atomic E-state index is 10.9. The second-order valence-electron chi connectivity index (χ2n) is 7.45. The van der Waals surface area contributed by atoms with Crippen molar-refractivity contribution in [2.75, 3.05) is 6.79 Å². The van der Waals surface area contributed by atoms with Crippen LogP contribution in [0.2, 0.25) is 0 Å². The molecular formula is C24H17N3O6. The number of rotatable bonds is 5. The number of fused-ring (bicyclic) bond motifs is 2. The molecule has 9 heteroatoms. The summed E-state index contributed by atoms with van der Waals surface area (Å²) in [6.45, 7) is 0.300. The molecule has 0 unspecified atom stereocenters. The molecule has 0 amide bonds. The molecule has 1 atom stereocenters. The number of hydrogen-bond donors (Lipinski definition) is 1. The van der Waals surface area contributed by atoms with Gasteiger partial charge in [-0.1, -0.05) is 24.3 Å². The summed E-state index contributed by atoms with van der Waals surface area (Å²) in [7, 11) is 0. The van der Waals surface area contributed by atoms with Crippen LogP contribution in [-0.2, 0) is 6.61 Å². The molecule has 2 aliphatic heterocycles. The Morgan fingerprint density at radius 3 is 2.58 bits per heavy atom. The Hall–Kier alpha value is -4.71. The Morgan fingerprint density at radius 1 is 1.09 bits per heavy atom. The third-order valence-corrected chi connectivity index (χ3v) is 5.45. The highest BCUT2D eigenvalue weighted by Gasteiger charge is 2.33. The first-order valence-electron chi connectivity index (χ1n) is 10.0. The summed E-state index contributed by atoms with van der Waals surface area (Å²) in [5.74, 6) is 1.83. The number of allylic oxidation sites excluding steroid dienone is 1. The minimum absolute atomic E-state index is 0.0129. The highest BCUT2D eigenvalue weighted by atomic mass is 16.7. The van der Waals surface area contributed by atoms with E-state index in [1.54, 1.807) is 36.4 Å². The van der Waals surface area contributed by atoms with E-state index in [0.717, 1.165) is 11.1 Å². The summed E-state index contributed by atoms with van der Waals surface area (Å²) >= 11 is 0. The van der Waals surface area contributed by atoms with Crippen molar-refractivity contribution in [3.05, 3.63) is 98.9 Å². The largest absolute Gasteiger partial charge is 0.489 e. The molecule has 3 aromatic carbocycles. The lowest BCUT2D eigenvalue weighted by molar-refractivity contribution is -0.384. The predicted molar refractivity (Wildman–Crippen MR) is 116 cm³/mol. The van der Waals surface area contributed by atoms with E-state index in [4.69, 9.17) is 24.7 Å². The molecule has 0 radical (unpaired) electrons. The van der Waals surface area contributed by atoms with Gasteiger partial charge in [0.05, 0.1) is 10.8 Å². The van der Waals surface area contributed by atoms with Crippen molar-refractivity contribution >= 4 is 5.69 Å². The van der Waals surface area contributed by atoms with Crippen LogP contribution >= 0.6 is 0 Å². The summed E-state index contributed by atoms with van der Waals surface area (Å²) in [5, 5.41) is 20.7. The van der Waals surface area contributed by atoms with Gasteiger partial charge >= 0.3 is 0 Å². The Morgan fingerprint density at radius 2 is 1.85 bits per heavy atom. The van der Waals surface area contributed by atoms with Crippen molar-refractivity contribution in [1.29, 1.82) is 5.26 Å². The van der Waals surface area contributed by atoms with E-state index in [9.17, 15) is 15.4 Å². The van der Waals surface area contributed by atoms with Crippen LogP contribution in [0.3, 0.4) is 0 Å². The monoisotopic (exact) mass is 443 g/mol. The highest BCUT2D eigenvalue weighted by Crippen LogP contribution is 2.48. The smallest absolute Gasteiger partial charge is 0.269 e. The van der Waals surface area contributed by atoms with Gasteiger partial charge in [0, 0.05) is 23.8 Å². The van der Waals surface area contributed by atoms with E-state index in [0.29, 0.717) is 34.1 Å². The third kappa shape index (κ3) is 3.74. The summed E-state index contributed by atoms with van der Waals surface area (Å²) in [4.78, 5) is 10.5. The molecule has 2 heterocycles. The first-order valence-corrected chi connectivity index (χ1v) is 10.0. The summed E-state index contributed by atoms with van der Waals surface area (Å²) in [6.07, 6.45) is 0. The molecule has 0 aromatic heterocycles. The van der Waals surface area contributed by atoms with Gasteiger partial charge in [-0.15, -0.1) is 0 Å². The third-order valence-electron chi connectivity index (χ3n) is 5.45. The van der Waals surface area contributed by atoms with Crippen LogP contribution in [0.5, 0.6) is 23.0 Å². The zero-order valence-corrected chi connectivity index (χ0v) is 17.2. The molecule has 2 aliphatic rings. The fraction of sp³-hybridized carbons (Fsp3) is 0.125. The molecule has 0 saturated carbocycles. The van der Waals surface area contributed by atoms with Crippen LogP contribution in [0.25, 0.3) is 0 Å². The van der Waals surface area contributed by atoms with Crippen molar-refractivity contribution < 1.29 is 23.9 Å². The second kappa shape index (κ2) is 8.09. The van der Waals surface area contributed by atoms with Crippen LogP contribution < -0.4 is 24.7 Å². The van der Waals surface area contributed by atoms with Gasteiger partial charge in [0.15, 0.2) is 11.5 Å². The normalized spacial score (nSPS) is 15.9. The zero-order valence-electron chi connectivity index (χ0n) is 17.2. The number of nitrogens with zero attached hydrogens (tertiary/aromatic N) is 2. The highest BCUT2D eigenvalue weighted by molar-refractivity contribution is 5.61. The lowest BCUT2D eigenvalue weighted by atomic mass is 9.83. The molecule has 9 nitrogen and oxygen atoms in total. The molecule has 0 saturated heterocycles. The van der Waals surface area contributed by atoms with E-state index >= 15 is 0 Å². The van der Waals surface area contributed by atoms with Gasteiger partial charge in [0.25, 0.3) is 5.69 Å². The summed E-state index contributed by atoms with van der Waals surface area (Å²) in [6, 6.07) is 19.2. The van der Waals surface area contributed by atoms with E-state index in [1.165, 1.54) is 12.1 Å². The van der Waals surface area contributed by atoms with Gasteiger partial charge < -0.3 is 24.7 Å². The molecule has 0 aliphatic carbocycles. The maximum absolute atomic E-state index is 10.9. The number of nitriles is 1. The SMILES string of the molecule is N#CC1=C(N)Oc2cc3c(cc2[C@@H]1c1ccc(OCc2cccc([N+](=O)[O-])c2)cc1)OCO3. The van der Waals surface area contributed by atoms with Crippen LogP contribution in [0.15, 0.2) is 72.1 Å². The number of non-ortho nitro benzene ring substituents is 1. The van der Waals surface area contributed by atoms with Crippen LogP contribution in [0, 0.1) is 21.4 Å². The van der Waals surface area contributed by atoms with Crippen LogP contribution in [0.1, 0.15) is 22.6 Å². The molecule has 5 rings (SSSR count). The van der Waals surface area contributed by atoms with E-state index in [1.807, 2.05) is 12.1 Å². The number of ether oxygens (including phenoxy) is 4. The fourth-order valence-electron chi connectivity index (χ4n) is 3.87. The van der Waals surface area contributed by atoms with Gasteiger partial charge in [-0.25, -0.2) is 0 Å². The summed E-state index contributed by atoms with van der Waals surface area (Å²) < 4.78 is 22.4. The van der Waals surface area contributed by atoms with Crippen LogP contribution in [0.4, 0.5) is 5.69 Å². The van der Waals surface area contributed by atoms with Crippen molar-refractivity contribution in [1.82, 2.24) is 0 Å². The predicted octanol–water partition coefficient (Wildman–Crippen LogP) is 4.12. The van der Waals surface area contributed by atoms with Gasteiger partial charge in [0.1, 0.15) is 29.7 Å². The number of nitrogens with two attached hydrogens (primary N) is 1. The number of hydrogen-bond acceptors (Lipinski definition) is 8. The summed E-state index contributed by atoms with van der Waals surface area (Å²) in [5.41, 5.74) is 8.60. The minimum Gasteiger partial charge on any atom is -0.489 e. The lowest BCUT2D eigenvalue weighted by Crippen LogP contribution is -2.21. The van der Waals surface area contributed by atoms with Crippen molar-refractivity contribution in [3.63, 3.8) is 0 Å². The molecule has 164 valence electrons. The Kier molecular flexibility index (Phi) is 4.95. The maximum Gasteiger partial charge on any atom is 0.269 e. The van der Waals surface area contributed by atoms with Gasteiger partial charge in [-0.05, 0) is 29.3 Å². The molecule has 0 spiro atoms. The van der Waals surface area contributed by atoms with Gasteiger partial charge in [-0.2, -0.15) is 5.26 Å². The molecule has 2 N–H and O–H groups in total. The molecular weight excluding hydrogens is 426 g/mol. The quantitative estimate of drug-likeness (QED) is 0.460. The van der Waals surface area contributed by atoms with E-state index in [-0.39, 0.29) is 25.0 Å². The number of nitro benzene ring substituents is 1. The second-order valence-corrected chi connectivity index (χ2v) is 7.45. The zero-order chi connectivity index (χ0) is 22.9. The molecule has 0 fully saturated rings. The molecule has 0 bridgehead atoms. The van der Waals surface area contributed by atoms with Crippen LogP contribution in [-0.4, -0.2) is 11.7 Å². The van der Waals surface area contributed by atoms with Gasteiger partial charge in [-0.3, -0.25) is 10.1 Å². The minimum atomic E-state index is -0.445. The standard InChI is InChI=1S/C24H17N3O6/c25-11-19-23(18-9-21-22(32-13-31-21)10-20(18)33-24(19)26)15-4-6-17(7-5-15)30-12-14-2-1-3-16(8-14)27(28)29/h1-10,23H,12-13,26H2/t23-/m0/s1. The first-order chi connectivity index (χ1) is 16.0. The van der Waals surface area contributed by atoms with Gasteiger partial charge in [0.2, 0.25) is 12.7 Å². The van der Waals surface area contributed by atoms with E-state index < -0.39 is 10.8 Å². The molecule has 3 aromatic rings. The molecule has 33 heavy (non-hydrogen) atoms. The fourth-order valence-corrected chi connectivity index (χ4v) is 3.87. The number of benzene rings is 3. The van der Waals surface area contributed by atoms with Crippen molar-refractivity contribution in [2.45, 2.75) is 12.5 Å².